The van der Waals surface area contributed by atoms with Crippen LogP contribution in [0.3, 0.4) is 0 Å². The third-order valence-corrected chi connectivity index (χ3v) is 2.32. The highest BCUT2D eigenvalue weighted by Crippen LogP contribution is 2.00. The maximum Gasteiger partial charge on any atom is 0.329 e. The van der Waals surface area contributed by atoms with Crippen molar-refractivity contribution in [2.24, 2.45) is 0 Å². The molecule has 0 bridgehead atoms. The molecule has 0 fully saturated rings. The first kappa shape index (κ1) is 11.4. The van der Waals surface area contributed by atoms with Gasteiger partial charge in [0.15, 0.2) is 0 Å². The number of aliphatic carboxylic acids is 1. The van der Waals surface area contributed by atoms with Crippen LogP contribution in [0.5, 0.6) is 0 Å². The van der Waals surface area contributed by atoms with Gasteiger partial charge in [-0.1, -0.05) is 6.92 Å². The van der Waals surface area contributed by atoms with E-state index in [-0.39, 0.29) is 0 Å². The predicted octanol–water partition coefficient (Wildman–Crippen LogP) is 1.32. The van der Waals surface area contributed by atoms with Gasteiger partial charge >= 0.3 is 5.97 Å². The van der Waals surface area contributed by atoms with Crippen molar-refractivity contribution in [1.29, 1.82) is 0 Å². The molecule has 70 valence electrons. The molecule has 0 rings (SSSR count). The van der Waals surface area contributed by atoms with E-state index >= 15 is 0 Å². The normalized spacial score (nSPS) is 13.2. The first-order valence-corrected chi connectivity index (χ1v) is 5.05. The topological polar surface area (TPSA) is 49.3 Å². The van der Waals surface area contributed by atoms with Crippen LogP contribution in [0.15, 0.2) is 12.3 Å². The summed E-state index contributed by atoms with van der Waals surface area (Å²) in [6.45, 7) is 4.12. The van der Waals surface area contributed by atoms with Gasteiger partial charge in [0.2, 0.25) is 0 Å². The second kappa shape index (κ2) is 7.03. The Balaban J connectivity index is 3.42. The molecule has 0 aliphatic heterocycles. The fraction of sp³-hybridized carbons (Fsp3) is 0.625. The number of nitrogens with one attached hydrogen (secondary N) is 1. The highest BCUT2D eigenvalue weighted by Gasteiger charge is 1.96. The van der Waals surface area contributed by atoms with E-state index in [1.807, 2.05) is 18.7 Å². The molecule has 12 heavy (non-hydrogen) atoms. The number of carbonyl (C=O) groups is 1. The summed E-state index contributed by atoms with van der Waals surface area (Å²) in [5.41, 5.74) is 0. The third-order valence-electron chi connectivity index (χ3n) is 1.18. The van der Waals surface area contributed by atoms with Crippen LogP contribution >= 0.6 is 11.8 Å². The van der Waals surface area contributed by atoms with Gasteiger partial charge in [-0.15, -0.1) is 0 Å². The minimum Gasteiger partial charge on any atom is -0.478 e. The van der Waals surface area contributed by atoms with Crippen molar-refractivity contribution in [3.63, 3.8) is 0 Å². The van der Waals surface area contributed by atoms with Crippen LogP contribution in [0.2, 0.25) is 0 Å². The minimum absolute atomic E-state index is 0.325. The lowest BCUT2D eigenvalue weighted by molar-refractivity contribution is -0.131. The second-order valence-corrected chi connectivity index (χ2v) is 3.72. The molecule has 0 aromatic rings. The zero-order valence-corrected chi connectivity index (χ0v) is 8.23. The fourth-order valence-electron chi connectivity index (χ4n) is 0.626. The van der Waals surface area contributed by atoms with Gasteiger partial charge in [0.25, 0.3) is 0 Å². The second-order valence-electron chi connectivity index (χ2n) is 2.40. The van der Waals surface area contributed by atoms with Gasteiger partial charge in [0.05, 0.1) is 0 Å². The Morgan fingerprint density at radius 1 is 1.75 bits per heavy atom. The summed E-state index contributed by atoms with van der Waals surface area (Å²) in [4.78, 5) is 10.1. The Morgan fingerprint density at radius 2 is 2.42 bits per heavy atom. The highest BCUT2D eigenvalue weighted by molar-refractivity contribution is 7.99. The van der Waals surface area contributed by atoms with E-state index < -0.39 is 5.97 Å². The Bertz CT molecular complexity index is 159. The van der Waals surface area contributed by atoms with Gasteiger partial charge < -0.3 is 10.4 Å². The largest absolute Gasteiger partial charge is 0.478 e. The monoisotopic (exact) mass is 189 g/mol. The molecular weight excluding hydrogens is 174 g/mol. The van der Waals surface area contributed by atoms with Crippen LogP contribution in [0.1, 0.15) is 13.8 Å². The van der Waals surface area contributed by atoms with E-state index in [1.54, 1.807) is 0 Å². The molecule has 0 aromatic carbocycles. The molecule has 0 heterocycles. The van der Waals surface area contributed by atoms with E-state index in [9.17, 15) is 4.79 Å². The number of carboxylic acids is 1. The number of carboxylic acid groups (broad SMARTS) is 1. The summed E-state index contributed by atoms with van der Waals surface area (Å²) in [6, 6.07) is 0.325. The number of rotatable bonds is 6. The molecule has 0 aliphatic carbocycles. The summed E-state index contributed by atoms with van der Waals surface area (Å²) < 4.78 is 0. The van der Waals surface area contributed by atoms with Gasteiger partial charge in [-0.25, -0.2) is 4.79 Å². The number of thioether (sulfide) groups is 1. The van der Waals surface area contributed by atoms with Crippen molar-refractivity contribution in [1.82, 2.24) is 5.32 Å². The van der Waals surface area contributed by atoms with Crippen LogP contribution in [0.4, 0.5) is 0 Å². The first-order chi connectivity index (χ1) is 5.66. The van der Waals surface area contributed by atoms with Gasteiger partial charge in [-0.3, -0.25) is 0 Å². The Kier molecular flexibility index (Phi) is 6.66. The molecular formula is C8H15NO2S. The molecule has 1 atom stereocenters. The molecule has 0 amide bonds. The maximum absolute atomic E-state index is 10.1. The van der Waals surface area contributed by atoms with Gasteiger partial charge in [-0.05, 0) is 12.7 Å². The van der Waals surface area contributed by atoms with Crippen molar-refractivity contribution >= 4 is 17.7 Å². The summed E-state index contributed by atoms with van der Waals surface area (Å²) in [6.07, 6.45) is 2.58. The third kappa shape index (κ3) is 7.47. The maximum atomic E-state index is 10.1. The SMILES string of the molecule is CCSCC(C)N/C=C/C(=O)O. The lowest BCUT2D eigenvalue weighted by atomic mass is 10.4. The zero-order valence-electron chi connectivity index (χ0n) is 7.41. The standard InChI is InChI=1S/C8H15NO2S/c1-3-12-6-7(2)9-5-4-8(10)11/h4-5,7,9H,3,6H2,1-2H3,(H,10,11)/b5-4+. The van der Waals surface area contributed by atoms with Crippen molar-refractivity contribution in [2.45, 2.75) is 19.9 Å². The Morgan fingerprint density at radius 3 is 2.92 bits per heavy atom. The molecule has 0 saturated heterocycles. The average molecular weight is 189 g/mol. The molecule has 0 radical (unpaired) electrons. The summed E-state index contributed by atoms with van der Waals surface area (Å²) in [5, 5.41) is 11.2. The molecule has 2 N–H and O–H groups in total. The van der Waals surface area contributed by atoms with Crippen molar-refractivity contribution in [2.75, 3.05) is 11.5 Å². The number of hydrogen-bond acceptors (Lipinski definition) is 3. The molecule has 4 heteroatoms. The molecule has 1 unspecified atom stereocenters. The quantitative estimate of drug-likeness (QED) is 0.619. The molecule has 0 aromatic heterocycles. The van der Waals surface area contributed by atoms with Gasteiger partial charge in [0.1, 0.15) is 0 Å². The van der Waals surface area contributed by atoms with Crippen molar-refractivity contribution in [3.8, 4) is 0 Å². The lowest BCUT2D eigenvalue weighted by Crippen LogP contribution is -2.23. The minimum atomic E-state index is -0.919. The fourth-order valence-corrected chi connectivity index (χ4v) is 1.31. The Hall–Kier alpha value is -0.640. The summed E-state index contributed by atoms with van der Waals surface area (Å²) in [5.74, 6) is 1.17. The zero-order chi connectivity index (χ0) is 9.40. The van der Waals surface area contributed by atoms with Gasteiger partial charge in [-0.2, -0.15) is 11.8 Å². The van der Waals surface area contributed by atoms with Crippen LogP contribution in [0.25, 0.3) is 0 Å². The molecule has 0 spiro atoms. The molecule has 3 nitrogen and oxygen atoms in total. The van der Waals surface area contributed by atoms with Crippen LogP contribution in [-0.4, -0.2) is 28.6 Å². The average Bonchev–Trinajstić information content (AvgIpc) is 2.00. The van der Waals surface area contributed by atoms with Crippen molar-refractivity contribution in [3.05, 3.63) is 12.3 Å². The number of hydrogen-bond donors (Lipinski definition) is 2. The molecule has 0 saturated carbocycles. The smallest absolute Gasteiger partial charge is 0.329 e. The van der Waals surface area contributed by atoms with Crippen LogP contribution < -0.4 is 5.32 Å². The van der Waals surface area contributed by atoms with Crippen LogP contribution in [0, 0.1) is 0 Å². The van der Waals surface area contributed by atoms with Crippen molar-refractivity contribution < 1.29 is 9.90 Å². The Labute approximate surface area is 77.2 Å². The summed E-state index contributed by atoms with van der Waals surface area (Å²) >= 11 is 1.83. The van der Waals surface area contributed by atoms with E-state index in [1.165, 1.54) is 6.20 Å². The van der Waals surface area contributed by atoms with Gasteiger partial charge in [0, 0.05) is 24.1 Å². The van der Waals surface area contributed by atoms with E-state index in [2.05, 4.69) is 12.2 Å². The summed E-state index contributed by atoms with van der Waals surface area (Å²) in [7, 11) is 0. The van der Waals surface area contributed by atoms with E-state index in [0.29, 0.717) is 6.04 Å². The van der Waals surface area contributed by atoms with E-state index in [0.717, 1.165) is 17.6 Å². The first-order valence-electron chi connectivity index (χ1n) is 3.90. The predicted molar refractivity (Wildman–Crippen MR) is 52.4 cm³/mol. The van der Waals surface area contributed by atoms with Crippen LogP contribution in [-0.2, 0) is 4.79 Å². The molecule has 0 aliphatic rings. The lowest BCUT2D eigenvalue weighted by Gasteiger charge is -2.09. The van der Waals surface area contributed by atoms with E-state index in [4.69, 9.17) is 5.11 Å². The highest BCUT2D eigenvalue weighted by atomic mass is 32.2.